The van der Waals surface area contributed by atoms with E-state index in [9.17, 15) is 4.79 Å². The van der Waals surface area contributed by atoms with E-state index in [1.165, 1.54) is 5.69 Å². The van der Waals surface area contributed by atoms with Crippen LogP contribution in [0.25, 0.3) is 0 Å². The number of carbonyl (C=O) groups excluding carboxylic acids is 1. The molecule has 2 aliphatic rings. The van der Waals surface area contributed by atoms with Gasteiger partial charge in [-0.2, -0.15) is 0 Å². The molecule has 1 saturated heterocycles. The van der Waals surface area contributed by atoms with Crippen molar-refractivity contribution in [3.8, 4) is 11.5 Å². The van der Waals surface area contributed by atoms with Crippen molar-refractivity contribution in [2.45, 2.75) is 38.9 Å². The van der Waals surface area contributed by atoms with Crippen LogP contribution in [0.5, 0.6) is 11.5 Å². The quantitative estimate of drug-likeness (QED) is 0.315. The number of benzene rings is 2. The molecule has 0 bridgehead atoms. The zero-order valence-corrected chi connectivity index (χ0v) is 24.3. The summed E-state index contributed by atoms with van der Waals surface area (Å²) in [7, 11) is 5.41. The van der Waals surface area contributed by atoms with Gasteiger partial charge in [0.15, 0.2) is 11.5 Å². The highest BCUT2D eigenvalue weighted by atomic mass is 16.5. The molecule has 2 aromatic carbocycles. The van der Waals surface area contributed by atoms with Crippen LogP contribution < -0.4 is 14.4 Å². The number of methoxy groups -OCH3 is 2. The van der Waals surface area contributed by atoms with Crippen molar-refractivity contribution in [2.75, 3.05) is 65.4 Å². The average Bonchev–Trinajstić information content (AvgIpc) is 3.62. The number of likely N-dealkylation sites (N-methyl/N-ethyl adjacent to an activating group) is 1. The molecule has 8 heteroatoms. The third-order valence-corrected chi connectivity index (χ3v) is 8.32. The van der Waals surface area contributed by atoms with Crippen LogP contribution in [-0.2, 0) is 13.1 Å². The third kappa shape index (κ3) is 5.98. The molecule has 40 heavy (non-hydrogen) atoms. The molecule has 3 aromatic rings. The van der Waals surface area contributed by atoms with Crippen molar-refractivity contribution in [1.82, 2.24) is 14.7 Å². The Labute approximate surface area is 238 Å². The Kier molecular flexibility index (Phi) is 8.97. The van der Waals surface area contributed by atoms with Gasteiger partial charge < -0.3 is 28.6 Å². The molecule has 214 valence electrons. The fourth-order valence-corrected chi connectivity index (χ4v) is 6.06. The Bertz CT molecular complexity index is 1270. The lowest BCUT2D eigenvalue weighted by Crippen LogP contribution is -2.46. The van der Waals surface area contributed by atoms with Gasteiger partial charge in [-0.3, -0.25) is 9.69 Å². The van der Waals surface area contributed by atoms with Crippen molar-refractivity contribution >= 4 is 11.6 Å². The first kappa shape index (κ1) is 28.1. The molecule has 1 atom stereocenters. The number of hydrogen-bond acceptors (Lipinski definition) is 7. The van der Waals surface area contributed by atoms with E-state index in [0.29, 0.717) is 18.0 Å². The number of carbonyl (C=O) groups is 1. The summed E-state index contributed by atoms with van der Waals surface area (Å²) in [5.41, 5.74) is 4.24. The van der Waals surface area contributed by atoms with Crippen LogP contribution in [0.3, 0.4) is 0 Å². The summed E-state index contributed by atoms with van der Waals surface area (Å²) in [6.07, 6.45) is 3.48. The molecular formula is C32H42N4O4. The molecule has 1 unspecified atom stereocenters. The van der Waals surface area contributed by atoms with Crippen LogP contribution in [0.2, 0.25) is 0 Å². The Morgan fingerprint density at radius 2 is 1.80 bits per heavy atom. The van der Waals surface area contributed by atoms with Crippen molar-refractivity contribution < 1.29 is 18.7 Å². The first-order valence-corrected chi connectivity index (χ1v) is 14.3. The molecule has 0 N–H and O–H groups in total. The predicted molar refractivity (Wildman–Crippen MR) is 157 cm³/mol. The van der Waals surface area contributed by atoms with E-state index in [1.807, 2.05) is 36.4 Å². The number of rotatable bonds is 12. The molecule has 0 spiro atoms. The summed E-state index contributed by atoms with van der Waals surface area (Å²) in [6, 6.07) is 16.1. The number of ether oxygens (including phenoxy) is 2. The van der Waals surface area contributed by atoms with Gasteiger partial charge in [0, 0.05) is 49.5 Å². The summed E-state index contributed by atoms with van der Waals surface area (Å²) >= 11 is 0. The topological polar surface area (TPSA) is 61.6 Å². The minimum Gasteiger partial charge on any atom is -0.493 e. The lowest BCUT2D eigenvalue weighted by molar-refractivity contribution is 0.0686. The molecule has 1 fully saturated rings. The second kappa shape index (κ2) is 12.8. The smallest absolute Gasteiger partial charge is 0.255 e. The van der Waals surface area contributed by atoms with Gasteiger partial charge in [0.05, 0.1) is 33.1 Å². The van der Waals surface area contributed by atoms with Gasteiger partial charge in [0.1, 0.15) is 5.76 Å². The molecule has 0 aliphatic carbocycles. The van der Waals surface area contributed by atoms with Crippen LogP contribution >= 0.6 is 0 Å². The van der Waals surface area contributed by atoms with Crippen LogP contribution in [0.15, 0.2) is 59.2 Å². The van der Waals surface area contributed by atoms with E-state index in [1.54, 1.807) is 20.5 Å². The van der Waals surface area contributed by atoms with Gasteiger partial charge in [-0.05, 0) is 74.9 Å². The minimum atomic E-state index is -0.0819. The summed E-state index contributed by atoms with van der Waals surface area (Å²) in [5, 5.41) is 0. The molecular weight excluding hydrogens is 504 g/mol. The highest BCUT2D eigenvalue weighted by Crippen LogP contribution is 2.40. The normalized spacial score (nSPS) is 16.5. The molecule has 1 amide bonds. The van der Waals surface area contributed by atoms with Gasteiger partial charge in [-0.25, -0.2) is 0 Å². The van der Waals surface area contributed by atoms with E-state index in [0.717, 1.165) is 81.1 Å². The summed E-state index contributed by atoms with van der Waals surface area (Å²) in [4.78, 5) is 23.2. The highest BCUT2D eigenvalue weighted by Gasteiger charge is 2.36. The first-order chi connectivity index (χ1) is 19.5. The Hall–Kier alpha value is -3.49. The number of furan rings is 1. The molecule has 2 aliphatic heterocycles. The number of amides is 1. The van der Waals surface area contributed by atoms with Crippen molar-refractivity contribution in [1.29, 1.82) is 0 Å². The van der Waals surface area contributed by atoms with E-state index in [2.05, 4.69) is 45.7 Å². The van der Waals surface area contributed by atoms with Gasteiger partial charge in [0.25, 0.3) is 5.91 Å². The predicted octanol–water partition coefficient (Wildman–Crippen LogP) is 5.05. The van der Waals surface area contributed by atoms with Crippen LogP contribution in [0.4, 0.5) is 5.69 Å². The Balaban J connectivity index is 1.38. The fourth-order valence-electron chi connectivity index (χ4n) is 6.06. The van der Waals surface area contributed by atoms with Crippen molar-refractivity contribution in [2.24, 2.45) is 0 Å². The Morgan fingerprint density at radius 1 is 1.00 bits per heavy atom. The van der Waals surface area contributed by atoms with Gasteiger partial charge in [-0.1, -0.05) is 19.1 Å². The molecule has 5 rings (SSSR count). The highest BCUT2D eigenvalue weighted by molar-refractivity contribution is 6.00. The number of piperazine rings is 1. The molecule has 3 heterocycles. The summed E-state index contributed by atoms with van der Waals surface area (Å²) < 4.78 is 16.7. The Morgan fingerprint density at radius 3 is 2.50 bits per heavy atom. The van der Waals surface area contributed by atoms with Crippen LogP contribution in [-0.4, -0.2) is 81.1 Å². The van der Waals surface area contributed by atoms with Crippen molar-refractivity contribution in [3.63, 3.8) is 0 Å². The summed E-state index contributed by atoms with van der Waals surface area (Å²) in [5.74, 6) is 2.43. The fraction of sp³-hybridized carbons (Fsp3) is 0.469. The lowest BCUT2D eigenvalue weighted by atomic mass is 9.99. The molecule has 0 radical (unpaired) electrons. The van der Waals surface area contributed by atoms with E-state index in [4.69, 9.17) is 13.9 Å². The van der Waals surface area contributed by atoms with E-state index in [-0.39, 0.29) is 11.9 Å². The maximum absolute atomic E-state index is 14.0. The largest absolute Gasteiger partial charge is 0.493 e. The van der Waals surface area contributed by atoms with Crippen LogP contribution in [0.1, 0.15) is 53.1 Å². The zero-order chi connectivity index (χ0) is 28.1. The number of anilines is 1. The number of fused-ring (bicyclic) bond motifs is 1. The minimum absolute atomic E-state index is 0.0819. The van der Waals surface area contributed by atoms with E-state index < -0.39 is 0 Å². The van der Waals surface area contributed by atoms with Gasteiger partial charge >= 0.3 is 0 Å². The van der Waals surface area contributed by atoms with Gasteiger partial charge in [0.2, 0.25) is 0 Å². The maximum atomic E-state index is 14.0. The number of nitrogens with zero attached hydrogens (tertiary/aromatic N) is 4. The van der Waals surface area contributed by atoms with E-state index >= 15 is 0 Å². The average molecular weight is 547 g/mol. The molecule has 8 nitrogen and oxygen atoms in total. The molecule has 0 saturated carbocycles. The third-order valence-electron chi connectivity index (χ3n) is 8.32. The standard InChI is InChI=1S/C32H42N4O4/c1-5-34-16-18-35(19-17-34)29-11-6-10-26-27(29)23-36(32(26)37)28(24-13-14-30(38-3)31(21-24)39-4)12-7-15-33(2)22-25-9-8-20-40-25/h6,8-11,13-14,20-21,28H,5,7,12,15-19,22-23H2,1-4H3. The zero-order valence-electron chi connectivity index (χ0n) is 24.3. The second-order valence-corrected chi connectivity index (χ2v) is 10.7. The van der Waals surface area contributed by atoms with Crippen molar-refractivity contribution in [3.05, 3.63) is 77.2 Å². The molecule has 1 aromatic heterocycles. The summed E-state index contributed by atoms with van der Waals surface area (Å²) in [6.45, 7) is 9.64. The van der Waals surface area contributed by atoms with Crippen LogP contribution in [0, 0.1) is 0 Å². The second-order valence-electron chi connectivity index (χ2n) is 10.7. The lowest BCUT2D eigenvalue weighted by Gasteiger charge is -2.36. The first-order valence-electron chi connectivity index (χ1n) is 14.3. The maximum Gasteiger partial charge on any atom is 0.255 e. The monoisotopic (exact) mass is 546 g/mol. The number of hydrogen-bond donors (Lipinski definition) is 0. The SMILES string of the molecule is CCN1CCN(c2cccc3c2CN(C(CCCN(C)Cc2ccco2)c2ccc(OC)c(OC)c2)C3=O)CC1. The van der Waals surface area contributed by atoms with Gasteiger partial charge in [-0.15, -0.1) is 0 Å².